The molecule has 120 valence electrons. The number of hydrogen-bond acceptors (Lipinski definition) is 4. The number of benzene rings is 1. The largest absolute Gasteiger partial charge is 0.479 e. The van der Waals surface area contributed by atoms with Gasteiger partial charge in [0.05, 0.1) is 5.75 Å². The van der Waals surface area contributed by atoms with E-state index in [2.05, 4.69) is 0 Å². The van der Waals surface area contributed by atoms with Crippen LogP contribution in [0.4, 0.5) is 0 Å². The van der Waals surface area contributed by atoms with E-state index in [1.165, 1.54) is 29.2 Å². The van der Waals surface area contributed by atoms with Crippen LogP contribution in [0.15, 0.2) is 24.3 Å². The molecule has 7 nitrogen and oxygen atoms in total. The lowest BCUT2D eigenvalue weighted by atomic mass is 10.1. The lowest BCUT2D eigenvalue weighted by Gasteiger charge is -2.25. The van der Waals surface area contributed by atoms with Gasteiger partial charge in [0.2, 0.25) is 15.9 Å². The highest BCUT2D eigenvalue weighted by molar-refractivity contribution is 7.89. The van der Waals surface area contributed by atoms with Crippen molar-refractivity contribution in [2.75, 3.05) is 12.3 Å². The number of likely N-dealkylation sites (tertiary alicyclic amines) is 1. The summed E-state index contributed by atoms with van der Waals surface area (Å²) < 4.78 is 22.3. The number of halogens is 1. The van der Waals surface area contributed by atoms with E-state index in [1.54, 1.807) is 0 Å². The second-order valence-electron chi connectivity index (χ2n) is 5.24. The Bertz CT molecular complexity index is 689. The molecule has 1 heterocycles. The lowest BCUT2D eigenvalue weighted by molar-refractivity contribution is -0.148. The van der Waals surface area contributed by atoms with Crippen LogP contribution in [0.1, 0.15) is 18.0 Å². The normalized spacial score (nSPS) is 20.2. The molecule has 2 unspecified atom stereocenters. The first-order valence-electron chi connectivity index (χ1n) is 6.45. The number of aliphatic carboxylic acids is 1. The molecule has 0 aromatic heterocycles. The first-order chi connectivity index (χ1) is 10.2. The highest BCUT2D eigenvalue weighted by Gasteiger charge is 2.39. The van der Waals surface area contributed by atoms with E-state index in [0.717, 1.165) is 0 Å². The van der Waals surface area contributed by atoms with E-state index in [0.29, 0.717) is 10.6 Å². The van der Waals surface area contributed by atoms with E-state index >= 15 is 0 Å². The van der Waals surface area contributed by atoms with Gasteiger partial charge in [-0.15, -0.1) is 0 Å². The average molecular weight is 347 g/mol. The summed E-state index contributed by atoms with van der Waals surface area (Å²) in [5, 5.41) is 14.9. The third kappa shape index (κ3) is 3.96. The number of carbonyl (C=O) groups excluding carboxylic acids is 1. The number of hydrogen-bond donors (Lipinski definition) is 2. The molecular formula is C13H15ClN2O5S. The SMILES string of the molecule is NS(=O)(=O)CC1CC(=O)N(C(C(=O)O)c2ccc(Cl)cc2)C1. The maximum atomic E-state index is 12.1. The summed E-state index contributed by atoms with van der Waals surface area (Å²) in [7, 11) is -3.71. The molecule has 9 heteroatoms. The van der Waals surface area contributed by atoms with Gasteiger partial charge in [0.1, 0.15) is 0 Å². The highest BCUT2D eigenvalue weighted by atomic mass is 35.5. The van der Waals surface area contributed by atoms with Crippen LogP contribution in [0, 0.1) is 5.92 Å². The quantitative estimate of drug-likeness (QED) is 0.809. The minimum atomic E-state index is -3.71. The Morgan fingerprint density at radius 1 is 1.41 bits per heavy atom. The molecule has 3 N–H and O–H groups in total. The van der Waals surface area contributed by atoms with Crippen LogP contribution in [0.5, 0.6) is 0 Å². The molecule has 1 aromatic carbocycles. The Balaban J connectivity index is 2.24. The summed E-state index contributed by atoms with van der Waals surface area (Å²) in [6.07, 6.45) is -0.0339. The number of nitrogens with zero attached hydrogens (tertiary/aromatic N) is 1. The van der Waals surface area contributed by atoms with Crippen LogP contribution in [0.25, 0.3) is 0 Å². The molecule has 0 spiro atoms. The highest BCUT2D eigenvalue weighted by Crippen LogP contribution is 2.30. The van der Waals surface area contributed by atoms with Crippen LogP contribution in [0.3, 0.4) is 0 Å². The second-order valence-corrected chi connectivity index (χ2v) is 7.33. The summed E-state index contributed by atoms with van der Waals surface area (Å²) in [6, 6.07) is 4.96. The van der Waals surface area contributed by atoms with Gasteiger partial charge in [-0.3, -0.25) is 4.79 Å². The Labute approximate surface area is 132 Å². The van der Waals surface area contributed by atoms with E-state index in [4.69, 9.17) is 16.7 Å². The predicted molar refractivity (Wildman–Crippen MR) is 79.6 cm³/mol. The molecule has 2 rings (SSSR count). The van der Waals surface area contributed by atoms with Gasteiger partial charge in [-0.05, 0) is 17.7 Å². The third-order valence-electron chi connectivity index (χ3n) is 3.44. The minimum Gasteiger partial charge on any atom is -0.479 e. The molecule has 2 atom stereocenters. The molecule has 22 heavy (non-hydrogen) atoms. The molecule has 1 aliphatic rings. The number of amides is 1. The summed E-state index contributed by atoms with van der Waals surface area (Å²) in [4.78, 5) is 24.8. The summed E-state index contributed by atoms with van der Waals surface area (Å²) in [6.45, 7) is 0.0366. The number of carbonyl (C=O) groups is 2. The number of nitrogens with two attached hydrogens (primary N) is 1. The van der Waals surface area contributed by atoms with Crippen molar-refractivity contribution in [2.45, 2.75) is 12.5 Å². The van der Waals surface area contributed by atoms with Crippen molar-refractivity contribution < 1.29 is 23.1 Å². The third-order valence-corrected chi connectivity index (χ3v) is 4.63. The van der Waals surface area contributed by atoms with E-state index in [1.807, 2.05) is 0 Å². The fourth-order valence-corrected chi connectivity index (χ4v) is 3.61. The smallest absolute Gasteiger partial charge is 0.331 e. The number of carboxylic acids is 1. The van der Waals surface area contributed by atoms with Crippen molar-refractivity contribution in [3.8, 4) is 0 Å². The van der Waals surface area contributed by atoms with E-state index < -0.39 is 33.9 Å². The molecule has 0 saturated carbocycles. The van der Waals surface area contributed by atoms with Gasteiger partial charge in [0.25, 0.3) is 0 Å². The molecule has 1 aromatic rings. The molecule has 0 radical (unpaired) electrons. The van der Waals surface area contributed by atoms with Crippen molar-refractivity contribution in [1.82, 2.24) is 4.90 Å². The molecule has 1 amide bonds. The molecule has 1 fully saturated rings. The first-order valence-corrected chi connectivity index (χ1v) is 8.55. The number of carboxylic acid groups (broad SMARTS) is 1. The summed E-state index contributed by atoms with van der Waals surface area (Å²) in [5.41, 5.74) is 0.404. The van der Waals surface area contributed by atoms with Crippen LogP contribution in [0.2, 0.25) is 5.02 Å². The zero-order valence-electron chi connectivity index (χ0n) is 11.5. The Morgan fingerprint density at radius 3 is 2.50 bits per heavy atom. The summed E-state index contributed by atoms with van der Waals surface area (Å²) in [5.74, 6) is -2.44. The van der Waals surface area contributed by atoms with Crippen LogP contribution in [-0.4, -0.2) is 42.6 Å². The van der Waals surface area contributed by atoms with Crippen molar-refractivity contribution in [1.29, 1.82) is 0 Å². The van der Waals surface area contributed by atoms with Crippen molar-refractivity contribution in [2.24, 2.45) is 11.1 Å². The fourth-order valence-electron chi connectivity index (χ4n) is 2.60. The summed E-state index contributed by atoms with van der Waals surface area (Å²) >= 11 is 5.77. The van der Waals surface area contributed by atoms with Gasteiger partial charge in [-0.1, -0.05) is 23.7 Å². The zero-order valence-corrected chi connectivity index (χ0v) is 13.0. The van der Waals surface area contributed by atoms with E-state index in [-0.39, 0.29) is 18.7 Å². The molecule has 1 saturated heterocycles. The molecule has 0 aliphatic carbocycles. The predicted octanol–water partition coefficient (Wildman–Crippen LogP) is 0.603. The molecule has 1 aliphatic heterocycles. The van der Waals surface area contributed by atoms with Gasteiger partial charge < -0.3 is 10.0 Å². The van der Waals surface area contributed by atoms with Crippen LogP contribution < -0.4 is 5.14 Å². The van der Waals surface area contributed by atoms with Crippen molar-refractivity contribution in [3.05, 3.63) is 34.9 Å². The minimum absolute atomic E-state index is 0.0339. The molecular weight excluding hydrogens is 332 g/mol. The Morgan fingerprint density at radius 2 is 2.00 bits per heavy atom. The Hall–Kier alpha value is -1.64. The standard InChI is InChI=1S/C13H15ClN2O5S/c14-10-3-1-9(2-4-10)12(13(18)19)16-6-8(5-11(16)17)7-22(15,20)21/h1-4,8,12H,5-7H2,(H,18,19)(H2,15,20,21). The first kappa shape index (κ1) is 16.7. The van der Waals surface area contributed by atoms with Crippen molar-refractivity contribution >= 4 is 33.5 Å². The van der Waals surface area contributed by atoms with Crippen LogP contribution in [-0.2, 0) is 19.6 Å². The topological polar surface area (TPSA) is 118 Å². The van der Waals surface area contributed by atoms with Gasteiger partial charge in [0, 0.05) is 23.9 Å². The van der Waals surface area contributed by atoms with Gasteiger partial charge in [0.15, 0.2) is 6.04 Å². The van der Waals surface area contributed by atoms with Gasteiger partial charge in [-0.25, -0.2) is 18.4 Å². The maximum absolute atomic E-state index is 12.1. The van der Waals surface area contributed by atoms with Crippen LogP contribution >= 0.6 is 11.6 Å². The number of primary sulfonamides is 1. The number of sulfonamides is 1. The second kappa shape index (κ2) is 6.23. The average Bonchev–Trinajstić information content (AvgIpc) is 2.70. The number of rotatable bonds is 5. The molecule has 0 bridgehead atoms. The Kier molecular flexibility index (Phi) is 4.74. The maximum Gasteiger partial charge on any atom is 0.331 e. The lowest BCUT2D eigenvalue weighted by Crippen LogP contribution is -2.36. The monoisotopic (exact) mass is 346 g/mol. The zero-order chi connectivity index (χ0) is 16.5. The fraction of sp³-hybridized carbons (Fsp3) is 0.385. The van der Waals surface area contributed by atoms with Gasteiger partial charge in [-0.2, -0.15) is 0 Å². The van der Waals surface area contributed by atoms with E-state index in [9.17, 15) is 23.1 Å². The van der Waals surface area contributed by atoms with Gasteiger partial charge >= 0.3 is 5.97 Å². The van der Waals surface area contributed by atoms with Crippen molar-refractivity contribution in [3.63, 3.8) is 0 Å².